The Kier molecular flexibility index (Phi) is 2.66. The minimum Gasteiger partial charge on any atom is -0.472 e. The Morgan fingerprint density at radius 2 is 1.94 bits per heavy atom. The highest BCUT2D eigenvalue weighted by molar-refractivity contribution is 5.51. The monoisotopic (exact) mass is 241 g/mol. The molecule has 1 atom stereocenters. The molecule has 0 spiro atoms. The van der Waals surface area contributed by atoms with Gasteiger partial charge >= 0.3 is 0 Å². The van der Waals surface area contributed by atoms with E-state index in [1.165, 1.54) is 0 Å². The van der Waals surface area contributed by atoms with E-state index in [1.807, 2.05) is 30.3 Å². The number of nitrogens with two attached hydrogens (primary N) is 1. The Labute approximate surface area is 103 Å². The van der Waals surface area contributed by atoms with Gasteiger partial charge in [-0.15, -0.1) is 0 Å². The van der Waals surface area contributed by atoms with Crippen LogP contribution in [0.1, 0.15) is 17.5 Å². The quantitative estimate of drug-likeness (QED) is 0.761. The van der Waals surface area contributed by atoms with Crippen LogP contribution in [0.2, 0.25) is 0 Å². The molecule has 0 amide bonds. The van der Waals surface area contributed by atoms with Crippen molar-refractivity contribution in [3.8, 4) is 11.4 Å². The molecule has 0 aliphatic carbocycles. The third-order valence-corrected chi connectivity index (χ3v) is 2.65. The van der Waals surface area contributed by atoms with Crippen LogP contribution in [0, 0.1) is 0 Å². The fourth-order valence-corrected chi connectivity index (χ4v) is 1.67. The Hall–Kier alpha value is -2.40. The van der Waals surface area contributed by atoms with Gasteiger partial charge in [-0.25, -0.2) is 0 Å². The largest absolute Gasteiger partial charge is 0.472 e. The molecule has 90 valence electrons. The van der Waals surface area contributed by atoms with Crippen molar-refractivity contribution in [3.63, 3.8) is 0 Å². The highest BCUT2D eigenvalue weighted by Crippen LogP contribution is 2.21. The summed E-state index contributed by atoms with van der Waals surface area (Å²) in [4.78, 5) is 4.27. The maximum Gasteiger partial charge on any atom is 0.248 e. The number of benzene rings is 1. The average Bonchev–Trinajstić information content (AvgIpc) is 3.09. The molecule has 2 aromatic heterocycles. The van der Waals surface area contributed by atoms with Crippen LogP contribution in [0.25, 0.3) is 11.4 Å². The molecule has 3 rings (SSSR count). The summed E-state index contributed by atoms with van der Waals surface area (Å²) in [6.45, 7) is 0. The maximum absolute atomic E-state index is 6.06. The SMILES string of the molecule is N[C@@H](c1ccccc1)c1nc(-c2ccoc2)no1. The third-order valence-electron chi connectivity index (χ3n) is 2.65. The molecule has 3 aromatic rings. The van der Waals surface area contributed by atoms with E-state index in [-0.39, 0.29) is 0 Å². The van der Waals surface area contributed by atoms with Crippen LogP contribution in [0.5, 0.6) is 0 Å². The topological polar surface area (TPSA) is 78.1 Å². The van der Waals surface area contributed by atoms with Crippen molar-refractivity contribution in [1.82, 2.24) is 10.1 Å². The molecule has 0 bridgehead atoms. The molecule has 18 heavy (non-hydrogen) atoms. The first-order chi connectivity index (χ1) is 8.84. The van der Waals surface area contributed by atoms with E-state index in [2.05, 4.69) is 10.1 Å². The van der Waals surface area contributed by atoms with Crippen LogP contribution in [-0.2, 0) is 0 Å². The first kappa shape index (κ1) is 10.7. The van der Waals surface area contributed by atoms with Gasteiger partial charge < -0.3 is 14.7 Å². The first-order valence-electron chi connectivity index (χ1n) is 5.51. The van der Waals surface area contributed by atoms with E-state index in [1.54, 1.807) is 18.6 Å². The lowest BCUT2D eigenvalue weighted by atomic mass is 10.1. The number of hydrogen-bond donors (Lipinski definition) is 1. The zero-order valence-electron chi connectivity index (χ0n) is 9.48. The van der Waals surface area contributed by atoms with Crippen LogP contribution in [0.3, 0.4) is 0 Å². The van der Waals surface area contributed by atoms with E-state index in [0.29, 0.717) is 11.7 Å². The summed E-state index contributed by atoms with van der Waals surface area (Å²) in [6.07, 6.45) is 3.12. The standard InChI is InChI=1S/C13H11N3O2/c14-11(9-4-2-1-3-5-9)13-15-12(16-18-13)10-6-7-17-8-10/h1-8,11H,14H2/t11-/m0/s1. The molecule has 2 heterocycles. The van der Waals surface area contributed by atoms with Gasteiger partial charge in [0.2, 0.25) is 11.7 Å². The average molecular weight is 241 g/mol. The lowest BCUT2D eigenvalue weighted by molar-refractivity contribution is 0.367. The first-order valence-corrected chi connectivity index (χ1v) is 5.51. The van der Waals surface area contributed by atoms with Crippen molar-refractivity contribution in [2.45, 2.75) is 6.04 Å². The molecule has 0 aliphatic heterocycles. The summed E-state index contributed by atoms with van der Waals surface area (Å²) in [5.74, 6) is 0.863. The van der Waals surface area contributed by atoms with Gasteiger partial charge in [0.1, 0.15) is 12.3 Å². The second-order valence-corrected chi connectivity index (χ2v) is 3.86. The van der Waals surface area contributed by atoms with Crippen molar-refractivity contribution >= 4 is 0 Å². The highest BCUT2D eigenvalue weighted by atomic mass is 16.5. The fraction of sp³-hybridized carbons (Fsp3) is 0.0769. The predicted octanol–water partition coefficient (Wildman–Crippen LogP) is 2.38. The van der Waals surface area contributed by atoms with Crippen molar-refractivity contribution in [2.75, 3.05) is 0 Å². The molecule has 0 radical (unpaired) electrons. The van der Waals surface area contributed by atoms with Crippen LogP contribution < -0.4 is 5.73 Å². The van der Waals surface area contributed by atoms with Gasteiger partial charge in [-0.3, -0.25) is 0 Å². The number of furan rings is 1. The minimum absolute atomic E-state index is 0.386. The Balaban J connectivity index is 1.90. The summed E-state index contributed by atoms with van der Waals surface area (Å²) < 4.78 is 10.1. The molecular formula is C13H11N3O2. The van der Waals surface area contributed by atoms with Crippen molar-refractivity contribution < 1.29 is 8.94 Å². The lowest BCUT2D eigenvalue weighted by Crippen LogP contribution is -2.11. The smallest absolute Gasteiger partial charge is 0.248 e. The van der Waals surface area contributed by atoms with Crippen molar-refractivity contribution in [3.05, 3.63) is 60.4 Å². The molecule has 0 saturated carbocycles. The maximum atomic E-state index is 6.06. The molecule has 0 aliphatic rings. The van der Waals surface area contributed by atoms with E-state index < -0.39 is 6.04 Å². The molecule has 0 saturated heterocycles. The molecule has 1 aromatic carbocycles. The highest BCUT2D eigenvalue weighted by Gasteiger charge is 2.17. The van der Waals surface area contributed by atoms with Crippen molar-refractivity contribution in [1.29, 1.82) is 0 Å². The van der Waals surface area contributed by atoms with Crippen LogP contribution in [-0.4, -0.2) is 10.1 Å². The Morgan fingerprint density at radius 1 is 1.11 bits per heavy atom. The Morgan fingerprint density at radius 3 is 2.67 bits per heavy atom. The van der Waals surface area contributed by atoms with E-state index in [0.717, 1.165) is 11.1 Å². The van der Waals surface area contributed by atoms with Gasteiger partial charge in [-0.1, -0.05) is 35.5 Å². The number of hydrogen-bond acceptors (Lipinski definition) is 5. The molecule has 5 heteroatoms. The van der Waals surface area contributed by atoms with Gasteiger partial charge in [0.25, 0.3) is 0 Å². The van der Waals surface area contributed by atoms with Crippen LogP contribution >= 0.6 is 0 Å². The Bertz CT molecular complexity index is 617. The zero-order valence-corrected chi connectivity index (χ0v) is 9.48. The number of aromatic nitrogens is 2. The van der Waals surface area contributed by atoms with Crippen molar-refractivity contribution in [2.24, 2.45) is 5.73 Å². The summed E-state index contributed by atoms with van der Waals surface area (Å²) in [5.41, 5.74) is 7.76. The van der Waals surface area contributed by atoms with E-state index in [4.69, 9.17) is 14.7 Å². The van der Waals surface area contributed by atoms with E-state index in [9.17, 15) is 0 Å². The molecular weight excluding hydrogens is 230 g/mol. The van der Waals surface area contributed by atoms with Gasteiger partial charge in [-0.2, -0.15) is 4.98 Å². The second kappa shape index (κ2) is 4.46. The number of nitrogens with zero attached hydrogens (tertiary/aromatic N) is 2. The lowest BCUT2D eigenvalue weighted by Gasteiger charge is -2.05. The zero-order chi connectivity index (χ0) is 12.4. The van der Waals surface area contributed by atoms with E-state index >= 15 is 0 Å². The van der Waals surface area contributed by atoms with Gasteiger partial charge in [0.15, 0.2) is 0 Å². The fourth-order valence-electron chi connectivity index (χ4n) is 1.67. The molecule has 0 fully saturated rings. The number of rotatable bonds is 3. The normalized spacial score (nSPS) is 12.5. The van der Waals surface area contributed by atoms with Crippen LogP contribution in [0.15, 0.2) is 57.9 Å². The summed E-state index contributed by atoms with van der Waals surface area (Å²) in [5, 5.41) is 3.88. The summed E-state index contributed by atoms with van der Waals surface area (Å²) in [6, 6.07) is 11.0. The molecule has 5 nitrogen and oxygen atoms in total. The predicted molar refractivity (Wildman–Crippen MR) is 64.5 cm³/mol. The van der Waals surface area contributed by atoms with Crippen LogP contribution in [0.4, 0.5) is 0 Å². The summed E-state index contributed by atoms with van der Waals surface area (Å²) in [7, 11) is 0. The van der Waals surface area contributed by atoms with Gasteiger partial charge in [0, 0.05) is 0 Å². The molecule has 2 N–H and O–H groups in total. The minimum atomic E-state index is -0.417. The molecule has 0 unspecified atom stereocenters. The van der Waals surface area contributed by atoms with Gasteiger partial charge in [0.05, 0.1) is 11.8 Å². The van der Waals surface area contributed by atoms with Gasteiger partial charge in [-0.05, 0) is 11.6 Å². The summed E-state index contributed by atoms with van der Waals surface area (Å²) >= 11 is 0. The second-order valence-electron chi connectivity index (χ2n) is 3.86. The third kappa shape index (κ3) is 1.91.